The van der Waals surface area contributed by atoms with Crippen LogP contribution in [0.25, 0.3) is 0 Å². The Morgan fingerprint density at radius 2 is 1.68 bits per heavy atom. The van der Waals surface area contributed by atoms with Crippen molar-refractivity contribution in [2.45, 2.75) is 12.8 Å². The number of rotatable bonds is 6. The molecule has 2 rings (SSSR count). The van der Waals surface area contributed by atoms with E-state index in [1.54, 1.807) is 12.1 Å². The lowest BCUT2D eigenvalue weighted by Crippen LogP contribution is -2.03. The van der Waals surface area contributed by atoms with Crippen molar-refractivity contribution in [2.24, 2.45) is 0 Å². The summed E-state index contributed by atoms with van der Waals surface area (Å²) in [4.78, 5) is 10.5. The lowest BCUT2D eigenvalue weighted by atomic mass is 10.1. The monoisotopic (exact) mass is 257 g/mol. The van der Waals surface area contributed by atoms with Gasteiger partial charge in [0.1, 0.15) is 12.1 Å². The van der Waals surface area contributed by atoms with E-state index in [0.717, 1.165) is 36.9 Å². The van der Waals surface area contributed by atoms with E-state index in [4.69, 9.17) is 0 Å². The van der Waals surface area contributed by atoms with Crippen molar-refractivity contribution < 1.29 is 9.18 Å². The summed E-state index contributed by atoms with van der Waals surface area (Å²) in [6.45, 7) is 0.845. The van der Waals surface area contributed by atoms with E-state index < -0.39 is 0 Å². The van der Waals surface area contributed by atoms with Gasteiger partial charge >= 0.3 is 0 Å². The van der Waals surface area contributed by atoms with Gasteiger partial charge in [-0.15, -0.1) is 0 Å². The third-order valence-corrected chi connectivity index (χ3v) is 2.93. The molecule has 0 atom stereocenters. The third kappa shape index (κ3) is 4.21. The van der Waals surface area contributed by atoms with E-state index in [1.807, 2.05) is 24.3 Å². The largest absolute Gasteiger partial charge is 0.385 e. The quantitative estimate of drug-likeness (QED) is 0.631. The van der Waals surface area contributed by atoms with Crippen LogP contribution in [0.5, 0.6) is 0 Å². The first-order valence-corrected chi connectivity index (χ1v) is 6.31. The van der Waals surface area contributed by atoms with Gasteiger partial charge in [-0.3, -0.25) is 4.79 Å². The number of carbonyl (C=O) groups is 1. The van der Waals surface area contributed by atoms with E-state index >= 15 is 0 Å². The molecule has 0 amide bonds. The number of carbonyl (C=O) groups excluding carboxylic acids is 1. The lowest BCUT2D eigenvalue weighted by Gasteiger charge is -2.06. The predicted octanol–water partition coefficient (Wildman–Crippen LogP) is 3.68. The maximum Gasteiger partial charge on any atom is 0.150 e. The Morgan fingerprint density at radius 1 is 1.00 bits per heavy atom. The molecule has 0 aliphatic carbocycles. The Bertz CT molecular complexity index is 519. The number of nitrogens with one attached hydrogen (secondary N) is 1. The maximum absolute atomic E-state index is 12.7. The zero-order valence-electron chi connectivity index (χ0n) is 10.6. The first-order valence-electron chi connectivity index (χ1n) is 6.31. The Labute approximate surface area is 112 Å². The molecule has 0 aromatic heterocycles. The minimum atomic E-state index is -0.197. The molecule has 0 fully saturated rings. The van der Waals surface area contributed by atoms with Crippen molar-refractivity contribution >= 4 is 12.0 Å². The van der Waals surface area contributed by atoms with Crippen LogP contribution in [0.2, 0.25) is 0 Å². The topological polar surface area (TPSA) is 29.1 Å². The Balaban J connectivity index is 1.74. The van der Waals surface area contributed by atoms with Crippen LogP contribution >= 0.6 is 0 Å². The molecule has 98 valence electrons. The van der Waals surface area contributed by atoms with Crippen LogP contribution in [0.4, 0.5) is 10.1 Å². The van der Waals surface area contributed by atoms with E-state index in [9.17, 15) is 9.18 Å². The van der Waals surface area contributed by atoms with Gasteiger partial charge in [-0.1, -0.05) is 12.1 Å². The molecule has 0 bridgehead atoms. The molecule has 0 spiro atoms. The summed E-state index contributed by atoms with van der Waals surface area (Å²) in [6.07, 6.45) is 2.72. The first kappa shape index (κ1) is 13.3. The molecule has 0 radical (unpaired) electrons. The number of halogens is 1. The van der Waals surface area contributed by atoms with E-state index in [-0.39, 0.29) is 5.82 Å². The molecule has 2 aromatic rings. The Morgan fingerprint density at radius 3 is 2.32 bits per heavy atom. The summed E-state index contributed by atoms with van der Waals surface area (Å²) < 4.78 is 12.7. The lowest BCUT2D eigenvalue weighted by molar-refractivity contribution is 0.112. The van der Waals surface area contributed by atoms with E-state index in [0.29, 0.717) is 5.56 Å². The van der Waals surface area contributed by atoms with Gasteiger partial charge in [-0.25, -0.2) is 4.39 Å². The molecule has 2 nitrogen and oxygen atoms in total. The van der Waals surface area contributed by atoms with Crippen LogP contribution in [0.15, 0.2) is 48.5 Å². The van der Waals surface area contributed by atoms with Crippen LogP contribution in [0.1, 0.15) is 22.3 Å². The van der Waals surface area contributed by atoms with Gasteiger partial charge in [0.2, 0.25) is 0 Å². The smallest absolute Gasteiger partial charge is 0.150 e. The molecule has 0 unspecified atom stereocenters. The molecule has 0 heterocycles. The zero-order valence-corrected chi connectivity index (χ0v) is 10.6. The zero-order chi connectivity index (χ0) is 13.5. The van der Waals surface area contributed by atoms with Crippen molar-refractivity contribution in [2.75, 3.05) is 11.9 Å². The minimum Gasteiger partial charge on any atom is -0.385 e. The molecule has 3 heteroatoms. The summed E-state index contributed by atoms with van der Waals surface area (Å²) in [5.74, 6) is -0.197. The number of hydrogen-bond acceptors (Lipinski definition) is 2. The first-order chi connectivity index (χ1) is 9.28. The number of benzene rings is 2. The second kappa shape index (κ2) is 6.69. The SMILES string of the molecule is O=Cc1ccc(NCCCc2ccc(F)cc2)cc1. The maximum atomic E-state index is 12.7. The van der Waals surface area contributed by atoms with Gasteiger partial charge in [-0.05, 0) is 54.8 Å². The van der Waals surface area contributed by atoms with E-state index in [2.05, 4.69) is 5.32 Å². The van der Waals surface area contributed by atoms with Gasteiger partial charge in [0.25, 0.3) is 0 Å². The molecular formula is C16H16FNO. The average molecular weight is 257 g/mol. The summed E-state index contributed by atoms with van der Waals surface area (Å²) in [7, 11) is 0. The van der Waals surface area contributed by atoms with E-state index in [1.165, 1.54) is 12.1 Å². The number of aldehydes is 1. The fraction of sp³-hybridized carbons (Fsp3) is 0.188. The number of anilines is 1. The van der Waals surface area contributed by atoms with Gasteiger partial charge in [0.05, 0.1) is 0 Å². The van der Waals surface area contributed by atoms with Crippen LogP contribution in [-0.2, 0) is 6.42 Å². The molecule has 0 saturated heterocycles. The summed E-state index contributed by atoms with van der Waals surface area (Å²) >= 11 is 0. The van der Waals surface area contributed by atoms with Crippen LogP contribution < -0.4 is 5.32 Å². The third-order valence-electron chi connectivity index (χ3n) is 2.93. The van der Waals surface area contributed by atoms with Gasteiger partial charge in [-0.2, -0.15) is 0 Å². The van der Waals surface area contributed by atoms with Crippen LogP contribution in [0.3, 0.4) is 0 Å². The number of aryl methyl sites for hydroxylation is 1. The van der Waals surface area contributed by atoms with Crippen LogP contribution in [-0.4, -0.2) is 12.8 Å². The van der Waals surface area contributed by atoms with Gasteiger partial charge in [0, 0.05) is 17.8 Å². The Hall–Kier alpha value is -2.16. The predicted molar refractivity (Wildman–Crippen MR) is 75.0 cm³/mol. The van der Waals surface area contributed by atoms with Crippen molar-refractivity contribution in [1.82, 2.24) is 0 Å². The van der Waals surface area contributed by atoms with Gasteiger partial charge in [0.15, 0.2) is 0 Å². The molecule has 0 saturated carbocycles. The second-order valence-corrected chi connectivity index (χ2v) is 4.40. The molecular weight excluding hydrogens is 241 g/mol. The summed E-state index contributed by atoms with van der Waals surface area (Å²) in [5.41, 5.74) is 2.82. The molecule has 0 aliphatic heterocycles. The molecule has 1 N–H and O–H groups in total. The number of hydrogen-bond donors (Lipinski definition) is 1. The molecule has 19 heavy (non-hydrogen) atoms. The Kier molecular flexibility index (Phi) is 4.67. The fourth-order valence-electron chi connectivity index (χ4n) is 1.86. The van der Waals surface area contributed by atoms with Gasteiger partial charge < -0.3 is 5.32 Å². The van der Waals surface area contributed by atoms with Crippen LogP contribution in [0, 0.1) is 5.82 Å². The highest BCUT2D eigenvalue weighted by atomic mass is 19.1. The molecule has 2 aromatic carbocycles. The van der Waals surface area contributed by atoms with Crippen molar-refractivity contribution in [3.8, 4) is 0 Å². The highest BCUT2D eigenvalue weighted by molar-refractivity contribution is 5.75. The summed E-state index contributed by atoms with van der Waals surface area (Å²) in [6, 6.07) is 14.0. The fourth-order valence-corrected chi connectivity index (χ4v) is 1.86. The highest BCUT2D eigenvalue weighted by Crippen LogP contribution is 2.09. The summed E-state index contributed by atoms with van der Waals surface area (Å²) in [5, 5.41) is 3.29. The van der Waals surface area contributed by atoms with Crippen molar-refractivity contribution in [1.29, 1.82) is 0 Å². The van der Waals surface area contributed by atoms with Crippen molar-refractivity contribution in [3.63, 3.8) is 0 Å². The molecule has 0 aliphatic rings. The average Bonchev–Trinajstić information content (AvgIpc) is 2.46. The minimum absolute atomic E-state index is 0.197. The highest BCUT2D eigenvalue weighted by Gasteiger charge is 1.96. The second-order valence-electron chi connectivity index (χ2n) is 4.40. The normalized spacial score (nSPS) is 10.2. The standard InChI is InChI=1S/C16H16FNO/c17-15-7-3-13(4-8-15)2-1-11-18-16-9-5-14(12-19)6-10-16/h3-10,12,18H,1-2,11H2. The van der Waals surface area contributed by atoms with Crippen molar-refractivity contribution in [3.05, 3.63) is 65.5 Å².